The Balaban J connectivity index is 1.64. The van der Waals surface area contributed by atoms with Crippen LogP contribution in [0.1, 0.15) is 19.8 Å². The number of nitrogens with two attached hydrogens (primary N) is 1. The van der Waals surface area contributed by atoms with Gasteiger partial charge in [0, 0.05) is 19.1 Å². The molecule has 0 radical (unpaired) electrons. The molecule has 2 fully saturated rings. The third-order valence-corrected chi connectivity index (χ3v) is 5.59. The number of carbonyl (C=O) groups excluding carboxylic acids is 1. The van der Waals surface area contributed by atoms with Crippen LogP contribution in [-0.2, 0) is 4.79 Å². The Kier molecular flexibility index (Phi) is 4.53. The number of hydrogen-bond donors (Lipinski definition) is 1. The van der Waals surface area contributed by atoms with Gasteiger partial charge in [0.05, 0.1) is 5.02 Å². The summed E-state index contributed by atoms with van der Waals surface area (Å²) < 4.78 is 5.71. The minimum absolute atomic E-state index is 0.0161. The quantitative estimate of drug-likeness (QED) is 0.918. The summed E-state index contributed by atoms with van der Waals surface area (Å²) in [6.45, 7) is 3.27. The van der Waals surface area contributed by atoms with Gasteiger partial charge in [0.25, 0.3) is 5.91 Å². The summed E-state index contributed by atoms with van der Waals surface area (Å²) in [6, 6.07) is 5.38. The van der Waals surface area contributed by atoms with Gasteiger partial charge < -0.3 is 15.4 Å². The summed E-state index contributed by atoms with van der Waals surface area (Å²) >= 11 is 12.1. The van der Waals surface area contributed by atoms with Gasteiger partial charge in [-0.2, -0.15) is 0 Å². The molecule has 1 amide bonds. The third kappa shape index (κ3) is 2.92. The number of fused-ring (bicyclic) bond motifs is 1. The van der Waals surface area contributed by atoms with Crippen molar-refractivity contribution < 1.29 is 9.53 Å². The fourth-order valence-electron chi connectivity index (χ4n) is 3.56. The van der Waals surface area contributed by atoms with E-state index in [1.807, 2.05) is 4.90 Å². The molecule has 4 atom stereocenters. The smallest absolute Gasteiger partial charge is 0.263 e. The summed E-state index contributed by atoms with van der Waals surface area (Å²) in [6.07, 6.45) is 1.60. The van der Waals surface area contributed by atoms with Crippen LogP contribution in [0.2, 0.25) is 10.0 Å². The Morgan fingerprint density at radius 2 is 2.14 bits per heavy atom. The van der Waals surface area contributed by atoms with Gasteiger partial charge in [-0.1, -0.05) is 29.3 Å². The number of likely N-dealkylation sites (tertiary alicyclic amines) is 1. The molecule has 120 valence electrons. The molecule has 6 heteroatoms. The summed E-state index contributed by atoms with van der Waals surface area (Å²) in [4.78, 5) is 14.4. The van der Waals surface area contributed by atoms with E-state index in [4.69, 9.17) is 33.7 Å². The molecule has 3 rings (SSSR count). The minimum Gasteiger partial charge on any atom is -0.479 e. The van der Waals surface area contributed by atoms with Crippen LogP contribution in [-0.4, -0.2) is 36.0 Å². The summed E-state index contributed by atoms with van der Waals surface area (Å²) in [5.41, 5.74) is 6.12. The zero-order chi connectivity index (χ0) is 15.9. The number of benzene rings is 1. The number of halogens is 2. The SMILES string of the molecule is CC(Oc1cccc(Cl)c1Cl)C(=O)N1CC2CCC(N)C2C1. The van der Waals surface area contributed by atoms with Crippen LogP contribution in [0.25, 0.3) is 0 Å². The van der Waals surface area contributed by atoms with Crippen molar-refractivity contribution >= 4 is 29.1 Å². The van der Waals surface area contributed by atoms with Gasteiger partial charge in [-0.25, -0.2) is 0 Å². The van der Waals surface area contributed by atoms with Crippen LogP contribution in [0.5, 0.6) is 5.75 Å². The monoisotopic (exact) mass is 342 g/mol. The highest BCUT2D eigenvalue weighted by molar-refractivity contribution is 6.42. The zero-order valence-electron chi connectivity index (χ0n) is 12.5. The number of amides is 1. The molecule has 4 unspecified atom stereocenters. The van der Waals surface area contributed by atoms with Crippen molar-refractivity contribution in [1.82, 2.24) is 4.90 Å². The van der Waals surface area contributed by atoms with E-state index in [1.165, 1.54) is 0 Å². The summed E-state index contributed by atoms with van der Waals surface area (Å²) in [7, 11) is 0. The average Bonchev–Trinajstić information content (AvgIpc) is 3.05. The molecule has 1 aliphatic heterocycles. The van der Waals surface area contributed by atoms with Crippen molar-refractivity contribution in [1.29, 1.82) is 0 Å². The van der Waals surface area contributed by atoms with Gasteiger partial charge in [0.2, 0.25) is 0 Å². The van der Waals surface area contributed by atoms with E-state index in [2.05, 4.69) is 0 Å². The number of ether oxygens (including phenoxy) is 1. The van der Waals surface area contributed by atoms with Gasteiger partial charge in [-0.05, 0) is 43.7 Å². The highest BCUT2D eigenvalue weighted by Crippen LogP contribution is 2.38. The van der Waals surface area contributed by atoms with Crippen molar-refractivity contribution in [2.75, 3.05) is 13.1 Å². The first-order valence-corrected chi connectivity index (χ1v) is 8.38. The Labute approximate surface area is 140 Å². The first-order chi connectivity index (χ1) is 10.5. The van der Waals surface area contributed by atoms with Crippen molar-refractivity contribution in [3.05, 3.63) is 28.2 Å². The molecule has 1 heterocycles. The zero-order valence-corrected chi connectivity index (χ0v) is 14.0. The van der Waals surface area contributed by atoms with Crippen LogP contribution in [0.4, 0.5) is 0 Å². The molecule has 0 aromatic heterocycles. The lowest BCUT2D eigenvalue weighted by Gasteiger charge is -2.23. The topological polar surface area (TPSA) is 55.6 Å². The van der Waals surface area contributed by atoms with Gasteiger partial charge in [0.15, 0.2) is 6.10 Å². The van der Waals surface area contributed by atoms with E-state index in [0.717, 1.165) is 25.9 Å². The number of rotatable bonds is 3. The second-order valence-electron chi connectivity index (χ2n) is 6.22. The van der Waals surface area contributed by atoms with E-state index in [-0.39, 0.29) is 11.9 Å². The number of nitrogens with zero attached hydrogens (tertiary/aromatic N) is 1. The first-order valence-electron chi connectivity index (χ1n) is 7.62. The predicted molar refractivity (Wildman–Crippen MR) is 87.3 cm³/mol. The molecule has 1 saturated heterocycles. The molecule has 1 aliphatic carbocycles. The lowest BCUT2D eigenvalue weighted by Crippen LogP contribution is -2.40. The van der Waals surface area contributed by atoms with Gasteiger partial charge in [0.1, 0.15) is 10.8 Å². The minimum atomic E-state index is -0.592. The molecule has 2 aliphatic rings. The van der Waals surface area contributed by atoms with Crippen molar-refractivity contribution in [3.63, 3.8) is 0 Å². The Morgan fingerprint density at radius 1 is 1.36 bits per heavy atom. The maximum Gasteiger partial charge on any atom is 0.263 e. The lowest BCUT2D eigenvalue weighted by atomic mass is 9.98. The standard InChI is InChI=1S/C16H20Cl2N2O2/c1-9(22-14-4-2-3-12(17)15(14)18)16(21)20-7-10-5-6-13(19)11(10)8-20/h2-4,9-11,13H,5-8,19H2,1H3. The normalized spacial score (nSPS) is 28.5. The summed E-state index contributed by atoms with van der Waals surface area (Å²) in [5, 5.41) is 0.754. The second kappa shape index (κ2) is 6.26. The van der Waals surface area contributed by atoms with Crippen LogP contribution in [0.15, 0.2) is 18.2 Å². The van der Waals surface area contributed by atoms with E-state index in [0.29, 0.717) is 27.6 Å². The molecule has 4 nitrogen and oxygen atoms in total. The van der Waals surface area contributed by atoms with Crippen LogP contribution < -0.4 is 10.5 Å². The van der Waals surface area contributed by atoms with Crippen molar-refractivity contribution in [2.24, 2.45) is 17.6 Å². The largest absolute Gasteiger partial charge is 0.479 e. The fourth-order valence-corrected chi connectivity index (χ4v) is 3.90. The first kappa shape index (κ1) is 15.9. The lowest BCUT2D eigenvalue weighted by molar-refractivity contribution is -0.137. The highest BCUT2D eigenvalue weighted by Gasteiger charge is 2.43. The number of hydrogen-bond acceptors (Lipinski definition) is 3. The van der Waals surface area contributed by atoms with Gasteiger partial charge in [-0.15, -0.1) is 0 Å². The van der Waals surface area contributed by atoms with Crippen LogP contribution in [0, 0.1) is 11.8 Å². The highest BCUT2D eigenvalue weighted by atomic mass is 35.5. The van der Waals surface area contributed by atoms with Gasteiger partial charge >= 0.3 is 0 Å². The molecule has 2 N–H and O–H groups in total. The maximum atomic E-state index is 12.6. The van der Waals surface area contributed by atoms with E-state index in [1.54, 1.807) is 25.1 Å². The summed E-state index contributed by atoms with van der Waals surface area (Å²) in [5.74, 6) is 1.40. The van der Waals surface area contributed by atoms with Crippen LogP contribution >= 0.6 is 23.2 Å². The molecule has 22 heavy (non-hydrogen) atoms. The maximum absolute atomic E-state index is 12.6. The van der Waals surface area contributed by atoms with Gasteiger partial charge in [-0.3, -0.25) is 4.79 Å². The van der Waals surface area contributed by atoms with E-state index >= 15 is 0 Å². The molecule has 1 aromatic carbocycles. The molecule has 1 saturated carbocycles. The Hall–Kier alpha value is -0.970. The van der Waals surface area contributed by atoms with Crippen LogP contribution in [0.3, 0.4) is 0 Å². The average molecular weight is 343 g/mol. The molecular formula is C16H20Cl2N2O2. The molecule has 0 spiro atoms. The molecule has 0 bridgehead atoms. The number of carbonyl (C=O) groups is 1. The third-order valence-electron chi connectivity index (χ3n) is 4.79. The molecular weight excluding hydrogens is 323 g/mol. The second-order valence-corrected chi connectivity index (χ2v) is 7.01. The van der Waals surface area contributed by atoms with E-state index < -0.39 is 6.10 Å². The predicted octanol–water partition coefficient (Wildman–Crippen LogP) is 2.96. The Morgan fingerprint density at radius 3 is 2.86 bits per heavy atom. The van der Waals surface area contributed by atoms with Crippen molar-refractivity contribution in [2.45, 2.75) is 31.9 Å². The van der Waals surface area contributed by atoms with Crippen molar-refractivity contribution in [3.8, 4) is 5.75 Å². The fraction of sp³-hybridized carbons (Fsp3) is 0.562. The molecule has 1 aromatic rings. The Bertz CT molecular complexity index is 581. The van der Waals surface area contributed by atoms with E-state index in [9.17, 15) is 4.79 Å².